The van der Waals surface area contributed by atoms with Crippen LogP contribution in [-0.4, -0.2) is 48.6 Å². The van der Waals surface area contributed by atoms with Crippen LogP contribution in [0.1, 0.15) is 40.0 Å². The largest absolute Gasteiger partial charge is 0.463 e. The summed E-state index contributed by atoms with van der Waals surface area (Å²) >= 11 is 0. The fourth-order valence-corrected chi connectivity index (χ4v) is 3.71. The summed E-state index contributed by atoms with van der Waals surface area (Å²) in [6, 6.07) is 0. The minimum Gasteiger partial charge on any atom is -0.463 e. The van der Waals surface area contributed by atoms with E-state index in [0.29, 0.717) is 18.8 Å². The molecule has 2 aliphatic rings. The van der Waals surface area contributed by atoms with Crippen LogP contribution in [0.25, 0.3) is 0 Å². The van der Waals surface area contributed by atoms with E-state index in [0.717, 1.165) is 23.1 Å². The molecule has 0 aromatic rings. The number of ether oxygens (including phenoxy) is 3. The van der Waals surface area contributed by atoms with Crippen molar-refractivity contribution in [2.75, 3.05) is 13.2 Å². The highest BCUT2D eigenvalue weighted by Crippen LogP contribution is 2.35. The zero-order valence-electron chi connectivity index (χ0n) is 16.8. The Labute approximate surface area is 166 Å². The second-order valence-corrected chi connectivity index (χ2v) is 7.32. The predicted molar refractivity (Wildman–Crippen MR) is 105 cm³/mol. The number of aliphatic hydroxyl groups is 1. The maximum Gasteiger partial charge on any atom is 0.302 e. The molecule has 6 heteroatoms. The van der Waals surface area contributed by atoms with Crippen LogP contribution >= 0.6 is 0 Å². The standard InChI is InChI=1S/C22H30O6/c1-5-6-17-9-14(2)7-8-20(17)21(12-23)22-11-18(27-16(4)25)10-19(28-22)13-26-15(3)24/h5-8,14,18-19,22-23H,1,9-13H2,2-4H3/b17-6-,21-20+. The van der Waals surface area contributed by atoms with Gasteiger partial charge in [0.2, 0.25) is 0 Å². The summed E-state index contributed by atoms with van der Waals surface area (Å²) in [7, 11) is 0. The van der Waals surface area contributed by atoms with Gasteiger partial charge in [0.25, 0.3) is 0 Å². The van der Waals surface area contributed by atoms with Crippen LogP contribution < -0.4 is 0 Å². The first-order valence-electron chi connectivity index (χ1n) is 9.64. The van der Waals surface area contributed by atoms with Gasteiger partial charge in [-0.15, -0.1) is 0 Å². The molecule has 28 heavy (non-hydrogen) atoms. The summed E-state index contributed by atoms with van der Waals surface area (Å²) < 4.78 is 16.6. The van der Waals surface area contributed by atoms with Gasteiger partial charge in [-0.1, -0.05) is 37.8 Å². The van der Waals surface area contributed by atoms with Crippen LogP contribution in [-0.2, 0) is 23.8 Å². The van der Waals surface area contributed by atoms with Crippen molar-refractivity contribution in [3.05, 3.63) is 47.6 Å². The number of hydrogen-bond acceptors (Lipinski definition) is 6. The van der Waals surface area contributed by atoms with Gasteiger partial charge in [-0.3, -0.25) is 9.59 Å². The Balaban J connectivity index is 2.34. The maximum absolute atomic E-state index is 11.5. The molecule has 4 atom stereocenters. The topological polar surface area (TPSA) is 82.1 Å². The molecule has 0 spiro atoms. The van der Waals surface area contributed by atoms with Crippen molar-refractivity contribution in [1.82, 2.24) is 0 Å². The molecule has 154 valence electrons. The van der Waals surface area contributed by atoms with E-state index in [-0.39, 0.29) is 25.3 Å². The predicted octanol–water partition coefficient (Wildman–Crippen LogP) is 3.03. The summed E-state index contributed by atoms with van der Waals surface area (Å²) in [4.78, 5) is 22.6. The van der Waals surface area contributed by atoms with Gasteiger partial charge in [-0.05, 0) is 29.1 Å². The number of allylic oxidation sites excluding steroid dienone is 6. The molecule has 0 saturated carbocycles. The quantitative estimate of drug-likeness (QED) is 0.702. The van der Waals surface area contributed by atoms with Gasteiger partial charge >= 0.3 is 11.9 Å². The highest BCUT2D eigenvalue weighted by molar-refractivity contribution is 5.66. The smallest absolute Gasteiger partial charge is 0.302 e. The van der Waals surface area contributed by atoms with E-state index in [1.807, 2.05) is 12.2 Å². The van der Waals surface area contributed by atoms with E-state index in [4.69, 9.17) is 14.2 Å². The Morgan fingerprint density at radius 3 is 2.68 bits per heavy atom. The molecule has 0 aromatic heterocycles. The van der Waals surface area contributed by atoms with Crippen LogP contribution in [0.4, 0.5) is 0 Å². The summed E-state index contributed by atoms with van der Waals surface area (Å²) in [6.45, 7) is 8.53. The van der Waals surface area contributed by atoms with E-state index >= 15 is 0 Å². The second-order valence-electron chi connectivity index (χ2n) is 7.32. The van der Waals surface area contributed by atoms with Crippen molar-refractivity contribution in [3.8, 4) is 0 Å². The van der Waals surface area contributed by atoms with Crippen LogP contribution in [0.2, 0.25) is 0 Å². The monoisotopic (exact) mass is 390 g/mol. The molecule has 0 bridgehead atoms. The molecule has 0 radical (unpaired) electrons. The maximum atomic E-state index is 11.5. The van der Waals surface area contributed by atoms with Crippen molar-refractivity contribution in [2.24, 2.45) is 5.92 Å². The Morgan fingerprint density at radius 1 is 1.32 bits per heavy atom. The SMILES string of the molecule is C=C/C=C1/CC(C)C=C/C1=C(/CO)C1CC(OC(C)=O)CC(COC(C)=O)O1. The van der Waals surface area contributed by atoms with Gasteiger partial charge in [-0.2, -0.15) is 0 Å². The van der Waals surface area contributed by atoms with Crippen molar-refractivity contribution >= 4 is 11.9 Å². The first-order chi connectivity index (χ1) is 13.3. The third-order valence-electron chi connectivity index (χ3n) is 4.87. The van der Waals surface area contributed by atoms with E-state index < -0.39 is 18.2 Å². The molecule has 1 N–H and O–H groups in total. The Bertz CT molecular complexity index is 687. The molecule has 1 saturated heterocycles. The first kappa shape index (κ1) is 22.1. The number of carbonyl (C=O) groups excluding carboxylic acids is 2. The first-order valence-corrected chi connectivity index (χ1v) is 9.64. The average Bonchev–Trinajstić information content (AvgIpc) is 2.62. The van der Waals surface area contributed by atoms with Gasteiger partial charge in [0.05, 0.1) is 18.8 Å². The van der Waals surface area contributed by atoms with Crippen molar-refractivity contribution in [1.29, 1.82) is 0 Å². The van der Waals surface area contributed by atoms with Crippen LogP contribution in [0.15, 0.2) is 47.6 Å². The molecular formula is C22H30O6. The van der Waals surface area contributed by atoms with E-state index in [2.05, 4.69) is 19.6 Å². The summed E-state index contributed by atoms with van der Waals surface area (Å²) in [5.41, 5.74) is 2.75. The molecule has 0 aromatic carbocycles. The Kier molecular flexibility index (Phi) is 8.20. The molecule has 6 nitrogen and oxygen atoms in total. The summed E-state index contributed by atoms with van der Waals surface area (Å²) in [5, 5.41) is 10.1. The third kappa shape index (κ3) is 6.17. The van der Waals surface area contributed by atoms with Gasteiger partial charge in [0.15, 0.2) is 0 Å². The average molecular weight is 390 g/mol. The fraction of sp³-hybridized carbons (Fsp3) is 0.545. The van der Waals surface area contributed by atoms with Crippen LogP contribution in [0.3, 0.4) is 0 Å². The van der Waals surface area contributed by atoms with Gasteiger partial charge in [-0.25, -0.2) is 0 Å². The molecule has 1 aliphatic carbocycles. The van der Waals surface area contributed by atoms with Crippen molar-refractivity contribution in [3.63, 3.8) is 0 Å². The lowest BCUT2D eigenvalue weighted by atomic mass is 9.83. The third-order valence-corrected chi connectivity index (χ3v) is 4.87. The number of esters is 2. The van der Waals surface area contributed by atoms with Gasteiger partial charge in [0.1, 0.15) is 12.7 Å². The number of carbonyl (C=O) groups is 2. The molecular weight excluding hydrogens is 360 g/mol. The summed E-state index contributed by atoms with van der Waals surface area (Å²) in [5.74, 6) is -0.364. The number of hydrogen-bond donors (Lipinski definition) is 1. The lowest BCUT2D eigenvalue weighted by molar-refractivity contribution is -0.166. The molecule has 1 aliphatic heterocycles. The zero-order valence-corrected chi connectivity index (χ0v) is 16.8. The van der Waals surface area contributed by atoms with Crippen LogP contribution in [0.5, 0.6) is 0 Å². The van der Waals surface area contributed by atoms with Gasteiger partial charge < -0.3 is 19.3 Å². The molecule has 1 fully saturated rings. The highest BCUT2D eigenvalue weighted by Gasteiger charge is 2.35. The Hall–Kier alpha value is -2.18. The lowest BCUT2D eigenvalue weighted by Crippen LogP contribution is -2.42. The fourth-order valence-electron chi connectivity index (χ4n) is 3.71. The highest BCUT2D eigenvalue weighted by atomic mass is 16.6. The van der Waals surface area contributed by atoms with Crippen LogP contribution in [0, 0.1) is 5.92 Å². The van der Waals surface area contributed by atoms with Crippen molar-refractivity contribution < 1.29 is 28.9 Å². The lowest BCUT2D eigenvalue weighted by Gasteiger charge is -2.36. The number of rotatable bonds is 6. The molecule has 4 unspecified atom stereocenters. The van der Waals surface area contributed by atoms with E-state index in [1.165, 1.54) is 13.8 Å². The molecule has 2 rings (SSSR count). The minimum atomic E-state index is -0.440. The zero-order chi connectivity index (χ0) is 20.7. The minimum absolute atomic E-state index is 0.0832. The van der Waals surface area contributed by atoms with E-state index in [9.17, 15) is 14.7 Å². The molecule has 1 heterocycles. The molecule has 0 amide bonds. The Morgan fingerprint density at radius 2 is 2.07 bits per heavy atom. The summed E-state index contributed by atoms with van der Waals surface area (Å²) in [6.07, 6.45) is 8.33. The van der Waals surface area contributed by atoms with Crippen molar-refractivity contribution in [2.45, 2.75) is 58.3 Å². The van der Waals surface area contributed by atoms with E-state index in [1.54, 1.807) is 6.08 Å². The second kappa shape index (κ2) is 10.4. The normalized spacial score (nSPS) is 30.6. The van der Waals surface area contributed by atoms with Gasteiger partial charge in [0, 0.05) is 26.7 Å². The number of aliphatic hydroxyl groups excluding tert-OH is 1.